The van der Waals surface area contributed by atoms with E-state index >= 15 is 0 Å². The summed E-state index contributed by atoms with van der Waals surface area (Å²) in [6.45, 7) is 2.24. The van der Waals surface area contributed by atoms with Crippen LogP contribution in [-0.4, -0.2) is 18.1 Å². The van der Waals surface area contributed by atoms with Gasteiger partial charge in [-0.2, -0.15) is 0 Å². The van der Waals surface area contributed by atoms with Crippen LogP contribution in [0.15, 0.2) is 18.2 Å². The predicted octanol–water partition coefficient (Wildman–Crippen LogP) is 1.65. The number of nitrogens with zero attached hydrogens (tertiary/aromatic N) is 2. The van der Waals surface area contributed by atoms with E-state index in [0.717, 1.165) is 18.9 Å². The van der Waals surface area contributed by atoms with Crippen LogP contribution in [0.3, 0.4) is 0 Å². The third-order valence-corrected chi connectivity index (χ3v) is 2.44. The lowest BCUT2D eigenvalue weighted by Gasteiger charge is -2.27. The van der Waals surface area contributed by atoms with Crippen LogP contribution in [0.2, 0.25) is 0 Å². The topological polar surface area (TPSA) is 42.1 Å². The van der Waals surface area contributed by atoms with Gasteiger partial charge in [-0.3, -0.25) is 0 Å². The maximum atomic E-state index is 5.63. The van der Waals surface area contributed by atoms with Gasteiger partial charge >= 0.3 is 0 Å². The monoisotopic (exact) mass is 177 g/mol. The molecule has 2 rings (SSSR count). The summed E-state index contributed by atoms with van der Waals surface area (Å²) in [5.74, 6) is 1.64. The molecule has 1 aliphatic rings. The third-order valence-electron chi connectivity index (χ3n) is 2.44. The molecule has 0 amide bonds. The minimum Gasteiger partial charge on any atom is -0.384 e. The first-order valence-electron chi connectivity index (χ1n) is 4.84. The minimum absolute atomic E-state index is 0.614. The molecule has 0 saturated carbocycles. The summed E-state index contributed by atoms with van der Waals surface area (Å²) in [6, 6.07) is 5.82. The first-order chi connectivity index (χ1) is 6.36. The summed E-state index contributed by atoms with van der Waals surface area (Å²) in [4.78, 5) is 6.61. The van der Waals surface area contributed by atoms with Crippen molar-refractivity contribution >= 4 is 11.6 Å². The largest absolute Gasteiger partial charge is 0.384 e. The Labute approximate surface area is 78.6 Å². The average Bonchev–Trinajstić information content (AvgIpc) is 2.19. The second-order valence-electron chi connectivity index (χ2n) is 3.47. The number of pyridine rings is 1. The van der Waals surface area contributed by atoms with Crippen molar-refractivity contribution in [3.63, 3.8) is 0 Å². The van der Waals surface area contributed by atoms with Gasteiger partial charge in [0.1, 0.15) is 11.6 Å². The van der Waals surface area contributed by atoms with Crippen molar-refractivity contribution in [2.75, 3.05) is 23.7 Å². The van der Waals surface area contributed by atoms with Crippen molar-refractivity contribution in [2.45, 2.75) is 19.3 Å². The lowest BCUT2D eigenvalue weighted by Crippen LogP contribution is -2.30. The maximum absolute atomic E-state index is 5.63. The highest BCUT2D eigenvalue weighted by Gasteiger charge is 2.11. The Hall–Kier alpha value is -1.25. The molecule has 2 N–H and O–H groups in total. The van der Waals surface area contributed by atoms with E-state index in [1.54, 1.807) is 0 Å². The highest BCUT2D eigenvalue weighted by atomic mass is 15.2. The van der Waals surface area contributed by atoms with Crippen LogP contribution in [0.25, 0.3) is 0 Å². The van der Waals surface area contributed by atoms with E-state index in [2.05, 4.69) is 9.88 Å². The van der Waals surface area contributed by atoms with Gasteiger partial charge in [-0.15, -0.1) is 0 Å². The van der Waals surface area contributed by atoms with Crippen LogP contribution in [-0.2, 0) is 0 Å². The van der Waals surface area contributed by atoms with Gasteiger partial charge in [0.05, 0.1) is 0 Å². The number of aromatic nitrogens is 1. The van der Waals surface area contributed by atoms with Crippen LogP contribution < -0.4 is 10.6 Å². The van der Waals surface area contributed by atoms with Crippen LogP contribution >= 0.6 is 0 Å². The summed E-state index contributed by atoms with van der Waals surface area (Å²) in [5, 5.41) is 0. The van der Waals surface area contributed by atoms with Crippen molar-refractivity contribution in [1.82, 2.24) is 4.98 Å². The van der Waals surface area contributed by atoms with E-state index in [1.807, 2.05) is 18.2 Å². The first kappa shape index (κ1) is 8.35. The summed E-state index contributed by atoms with van der Waals surface area (Å²) >= 11 is 0. The van der Waals surface area contributed by atoms with Crippen LogP contribution in [0.1, 0.15) is 19.3 Å². The molecular formula is C10H15N3. The fourth-order valence-corrected chi connectivity index (χ4v) is 1.74. The Balaban J connectivity index is 2.14. The lowest BCUT2D eigenvalue weighted by atomic mass is 10.1. The number of rotatable bonds is 1. The van der Waals surface area contributed by atoms with Crippen molar-refractivity contribution in [1.29, 1.82) is 0 Å². The van der Waals surface area contributed by atoms with Gasteiger partial charge in [0, 0.05) is 13.1 Å². The van der Waals surface area contributed by atoms with Gasteiger partial charge in [-0.1, -0.05) is 6.07 Å². The molecule has 0 unspecified atom stereocenters. The molecule has 0 aliphatic carbocycles. The normalized spacial score (nSPS) is 17.4. The molecule has 70 valence electrons. The summed E-state index contributed by atoms with van der Waals surface area (Å²) in [7, 11) is 0. The highest BCUT2D eigenvalue weighted by Crippen LogP contribution is 2.17. The van der Waals surface area contributed by atoms with Gasteiger partial charge < -0.3 is 10.6 Å². The molecule has 3 nitrogen and oxygen atoms in total. The number of nitrogens with two attached hydrogens (primary N) is 1. The van der Waals surface area contributed by atoms with Crippen LogP contribution in [0, 0.1) is 0 Å². The third kappa shape index (κ3) is 1.91. The number of hydrogen-bond acceptors (Lipinski definition) is 3. The van der Waals surface area contributed by atoms with E-state index in [4.69, 9.17) is 5.73 Å². The molecule has 0 bridgehead atoms. The zero-order valence-electron chi connectivity index (χ0n) is 7.74. The second kappa shape index (κ2) is 3.64. The second-order valence-corrected chi connectivity index (χ2v) is 3.47. The van der Waals surface area contributed by atoms with Gasteiger partial charge in [0.25, 0.3) is 0 Å². The van der Waals surface area contributed by atoms with Crippen LogP contribution in [0.4, 0.5) is 11.6 Å². The Kier molecular flexibility index (Phi) is 2.34. The zero-order chi connectivity index (χ0) is 9.10. The molecular weight excluding hydrogens is 162 g/mol. The zero-order valence-corrected chi connectivity index (χ0v) is 7.74. The number of anilines is 2. The first-order valence-corrected chi connectivity index (χ1v) is 4.84. The molecule has 1 aromatic rings. The van der Waals surface area contributed by atoms with Crippen molar-refractivity contribution in [3.05, 3.63) is 18.2 Å². The molecule has 1 aliphatic heterocycles. The Morgan fingerprint density at radius 2 is 1.92 bits per heavy atom. The average molecular weight is 177 g/mol. The molecule has 0 spiro atoms. The quantitative estimate of drug-likeness (QED) is 0.709. The molecule has 1 saturated heterocycles. The Morgan fingerprint density at radius 3 is 2.62 bits per heavy atom. The van der Waals surface area contributed by atoms with Crippen molar-refractivity contribution < 1.29 is 0 Å². The van der Waals surface area contributed by atoms with Crippen molar-refractivity contribution in [2.24, 2.45) is 0 Å². The van der Waals surface area contributed by atoms with Crippen LogP contribution in [0.5, 0.6) is 0 Å². The van der Waals surface area contributed by atoms with Gasteiger partial charge in [-0.25, -0.2) is 4.98 Å². The summed E-state index contributed by atoms with van der Waals surface area (Å²) in [6.07, 6.45) is 3.89. The SMILES string of the molecule is Nc1cccc(N2CCCCC2)n1. The molecule has 0 aromatic carbocycles. The van der Waals surface area contributed by atoms with Gasteiger partial charge in [0.15, 0.2) is 0 Å². The molecule has 3 heteroatoms. The molecule has 1 fully saturated rings. The number of piperidine rings is 1. The molecule has 2 heterocycles. The Bertz CT molecular complexity index is 279. The number of nitrogen functional groups attached to an aromatic ring is 1. The van der Waals surface area contributed by atoms with Gasteiger partial charge in [-0.05, 0) is 31.4 Å². The summed E-state index contributed by atoms with van der Waals surface area (Å²) in [5.41, 5.74) is 5.63. The highest BCUT2D eigenvalue weighted by molar-refractivity contribution is 5.44. The molecule has 13 heavy (non-hydrogen) atoms. The fourth-order valence-electron chi connectivity index (χ4n) is 1.74. The van der Waals surface area contributed by atoms with Gasteiger partial charge in [0.2, 0.25) is 0 Å². The standard InChI is InChI=1S/C10H15N3/c11-9-5-4-6-10(12-9)13-7-2-1-3-8-13/h4-6H,1-3,7-8H2,(H2,11,12). The van der Waals surface area contributed by atoms with E-state index in [-0.39, 0.29) is 0 Å². The van der Waals surface area contributed by atoms with E-state index in [1.165, 1.54) is 19.3 Å². The maximum Gasteiger partial charge on any atom is 0.130 e. The van der Waals surface area contributed by atoms with E-state index in [0.29, 0.717) is 5.82 Å². The summed E-state index contributed by atoms with van der Waals surface area (Å²) < 4.78 is 0. The molecule has 1 aromatic heterocycles. The van der Waals surface area contributed by atoms with E-state index < -0.39 is 0 Å². The smallest absolute Gasteiger partial charge is 0.130 e. The van der Waals surface area contributed by atoms with E-state index in [9.17, 15) is 0 Å². The fraction of sp³-hybridized carbons (Fsp3) is 0.500. The molecule has 0 radical (unpaired) electrons. The minimum atomic E-state index is 0.614. The number of hydrogen-bond donors (Lipinski definition) is 1. The lowest BCUT2D eigenvalue weighted by molar-refractivity contribution is 0.573. The van der Waals surface area contributed by atoms with Crippen molar-refractivity contribution in [3.8, 4) is 0 Å². The predicted molar refractivity (Wildman–Crippen MR) is 54.7 cm³/mol. The molecule has 0 atom stereocenters. The Morgan fingerprint density at radius 1 is 1.15 bits per heavy atom.